The molecule has 8 bridgehead atoms. The van der Waals surface area contributed by atoms with E-state index in [-0.39, 0.29) is 0 Å². The Bertz CT molecular complexity index is 2870. The first-order valence-corrected chi connectivity index (χ1v) is 33.0. The molecule has 0 saturated heterocycles. The average Bonchev–Trinajstić information content (AvgIpc) is 4.21. The molecule has 0 amide bonds. The van der Waals surface area contributed by atoms with Crippen LogP contribution in [0.25, 0.3) is 90.9 Å². The molecule has 7 aromatic rings. The lowest BCUT2D eigenvalue weighted by atomic mass is 9.99. The molecule has 16 heteroatoms. The summed E-state index contributed by atoms with van der Waals surface area (Å²) in [6, 6.07) is 26.8. The third-order valence-corrected chi connectivity index (χ3v) is 20.9. The van der Waals surface area contributed by atoms with Crippen LogP contribution in [0.4, 0.5) is 0 Å². The van der Waals surface area contributed by atoms with E-state index in [4.69, 9.17) is 9.97 Å². The summed E-state index contributed by atoms with van der Waals surface area (Å²) in [5.41, 5.74) is 24.4. The summed E-state index contributed by atoms with van der Waals surface area (Å²) >= 11 is 45.9. The number of halogens is 12. The summed E-state index contributed by atoms with van der Waals surface area (Å²) in [4.78, 5) is 19.2. The summed E-state index contributed by atoms with van der Waals surface area (Å²) in [6.07, 6.45) is 8.63. The Morgan fingerprint density at radius 1 is 0.294 bits per heavy atom. The number of nitrogens with zero attached hydrogens (tertiary/aromatic N) is 2. The van der Waals surface area contributed by atoms with E-state index in [0.29, 0.717) is 42.6 Å². The highest BCUT2D eigenvalue weighted by molar-refractivity contribution is 9.12. The summed E-state index contributed by atoms with van der Waals surface area (Å²) in [5.74, 6) is 0. The third-order valence-electron chi connectivity index (χ3n) is 12.0. The minimum Gasteiger partial charge on any atom is -0.354 e. The maximum atomic E-state index is 5.62. The van der Waals surface area contributed by atoms with Crippen molar-refractivity contribution in [3.05, 3.63) is 158 Å². The molecule has 0 spiro atoms. The van der Waals surface area contributed by atoms with Gasteiger partial charge in [-0.15, -0.1) is 0 Å². The van der Waals surface area contributed by atoms with E-state index in [1.54, 1.807) is 0 Å². The van der Waals surface area contributed by atoms with Crippen molar-refractivity contribution in [1.29, 1.82) is 0 Å². The van der Waals surface area contributed by atoms with Crippen LogP contribution < -0.4 is 0 Å². The van der Waals surface area contributed by atoms with Crippen LogP contribution in [0.1, 0.15) is 67.3 Å². The topological polar surface area (TPSA) is 57.4 Å². The molecular weight excluding hydrogens is 1640 g/mol. The Morgan fingerprint density at radius 3 is 0.632 bits per heavy atom. The molecule has 0 aliphatic carbocycles. The molecule has 2 N–H and O–H groups in total. The Morgan fingerprint density at radius 2 is 0.471 bits per heavy atom. The maximum absolute atomic E-state index is 5.62. The fourth-order valence-corrected chi connectivity index (χ4v) is 17.4. The van der Waals surface area contributed by atoms with Crippen LogP contribution in [0, 0.1) is 0 Å². The molecule has 2 aliphatic rings. The maximum Gasteiger partial charge on any atom is 0.0737 e. The van der Waals surface area contributed by atoms with E-state index in [1.165, 1.54) is 0 Å². The first kappa shape index (κ1) is 52.1. The molecule has 0 atom stereocenters. The number of aromatic amines is 2. The second-order valence-corrected chi connectivity index (χ2v) is 23.7. The number of rotatable bonds is 12. The molecule has 346 valence electrons. The molecule has 4 nitrogen and oxygen atoms in total. The van der Waals surface area contributed by atoms with Gasteiger partial charge in [-0.05, 0) is 164 Å². The van der Waals surface area contributed by atoms with Crippen molar-refractivity contribution in [3.63, 3.8) is 0 Å². The summed E-state index contributed by atoms with van der Waals surface area (Å²) < 4.78 is 4.30. The molecule has 9 rings (SSSR count). The lowest BCUT2D eigenvalue weighted by Crippen LogP contribution is -1.95. The van der Waals surface area contributed by atoms with Gasteiger partial charge in [-0.3, -0.25) is 0 Å². The smallest absolute Gasteiger partial charge is 0.0737 e. The van der Waals surface area contributed by atoms with Crippen LogP contribution in [-0.2, 0) is 42.6 Å². The van der Waals surface area contributed by atoms with Crippen LogP contribution in [0.15, 0.2) is 90.7 Å². The van der Waals surface area contributed by atoms with Crippen molar-refractivity contribution < 1.29 is 0 Å². The summed E-state index contributed by atoms with van der Waals surface area (Å²) in [7, 11) is 0. The van der Waals surface area contributed by atoms with Crippen molar-refractivity contribution in [2.45, 2.75) is 42.6 Å². The molecule has 0 saturated carbocycles. The van der Waals surface area contributed by atoms with E-state index < -0.39 is 0 Å². The van der Waals surface area contributed by atoms with E-state index in [9.17, 15) is 0 Å². The van der Waals surface area contributed by atoms with Crippen molar-refractivity contribution >= 4 is 238 Å². The number of H-pyrrole nitrogens is 2. The fraction of sp³-hybridized carbons (Fsp3) is 0.154. The highest BCUT2D eigenvalue weighted by Crippen LogP contribution is 2.43. The molecule has 0 unspecified atom stereocenters. The number of benzene rings is 4. The average molecular weight is 1670 g/mol. The predicted octanol–water partition coefficient (Wildman–Crippen LogP) is 21.5. The van der Waals surface area contributed by atoms with Crippen LogP contribution in [0.3, 0.4) is 0 Å². The second kappa shape index (κ2) is 22.8. The monoisotopic (exact) mass is 1660 g/mol. The summed E-state index contributed by atoms with van der Waals surface area (Å²) in [6.45, 7) is 0. The Hall–Kier alpha value is -0.760. The largest absolute Gasteiger partial charge is 0.354 e. The molecule has 68 heavy (non-hydrogen) atoms. The van der Waals surface area contributed by atoms with Crippen molar-refractivity contribution in [3.8, 4) is 44.5 Å². The van der Waals surface area contributed by atoms with Crippen LogP contribution in [0.2, 0.25) is 0 Å². The molecule has 2 aliphatic heterocycles. The van der Waals surface area contributed by atoms with E-state index in [0.717, 1.165) is 152 Å². The van der Waals surface area contributed by atoms with Gasteiger partial charge in [-0.2, -0.15) is 0 Å². The highest BCUT2D eigenvalue weighted by atomic mass is 79.9. The Balaban J connectivity index is 1.52. The molecule has 0 radical (unpaired) electrons. The van der Waals surface area contributed by atoms with Crippen LogP contribution in [-0.4, -0.2) is 19.9 Å². The molecule has 0 fully saturated rings. The molecule has 3 aromatic heterocycles. The standard InChI is InChI=1S/C52H34Br12N4/c53-17-29-9-25(10-30(18-54)49(29)61)45-37-1-2-38(65-37)46(26-11-31(19-55)50(62)32(12-26)20-56)40-5-6-42(67-40)48(28-15-35(23-59)52(64)36(16-28)24-60)44-8-7-43(68-44)47(41-4-3-39(45)66-41)27-13-33(21-57)51(63)34(14-27)22-58/h1-16,65,68H,17-24H2. The number of hydrogen-bond acceptors (Lipinski definition) is 2. The first-order chi connectivity index (χ1) is 33.0. The third kappa shape index (κ3) is 10.1. The van der Waals surface area contributed by atoms with Gasteiger partial charge in [-0.25, -0.2) is 9.97 Å². The lowest BCUT2D eigenvalue weighted by molar-refractivity contribution is 1.28. The van der Waals surface area contributed by atoms with E-state index >= 15 is 0 Å². The van der Waals surface area contributed by atoms with Gasteiger partial charge >= 0.3 is 0 Å². The number of alkyl halides is 8. The van der Waals surface area contributed by atoms with Gasteiger partial charge in [0.2, 0.25) is 0 Å². The number of fused-ring (bicyclic) bond motifs is 8. The van der Waals surface area contributed by atoms with Crippen molar-refractivity contribution in [1.82, 2.24) is 19.9 Å². The lowest BCUT2D eigenvalue weighted by Gasteiger charge is -2.13. The van der Waals surface area contributed by atoms with Gasteiger partial charge in [0, 0.05) is 105 Å². The van der Waals surface area contributed by atoms with Gasteiger partial charge in [-0.1, -0.05) is 191 Å². The Kier molecular flexibility index (Phi) is 17.5. The number of nitrogens with one attached hydrogen (secondary N) is 2. The second-order valence-electron chi connectivity index (χ2n) is 16.0. The van der Waals surface area contributed by atoms with Crippen molar-refractivity contribution in [2.24, 2.45) is 0 Å². The normalized spacial score (nSPS) is 12.2. The van der Waals surface area contributed by atoms with Crippen LogP contribution in [0.5, 0.6) is 0 Å². The molecule has 5 heterocycles. The predicted molar refractivity (Wildman–Crippen MR) is 332 cm³/mol. The van der Waals surface area contributed by atoms with Crippen LogP contribution >= 0.6 is 191 Å². The number of aromatic nitrogens is 4. The number of hydrogen-bond donors (Lipinski definition) is 2. The van der Waals surface area contributed by atoms with Gasteiger partial charge < -0.3 is 9.97 Å². The minimum atomic E-state index is 0.680. The zero-order valence-corrected chi connectivity index (χ0v) is 54.4. The van der Waals surface area contributed by atoms with Gasteiger partial charge in [0.05, 0.1) is 22.8 Å². The molecule has 4 aromatic carbocycles. The zero-order chi connectivity index (χ0) is 48.0. The summed E-state index contributed by atoms with van der Waals surface area (Å²) in [5, 5.41) is 5.44. The fourth-order valence-electron chi connectivity index (χ4n) is 8.78. The minimum absolute atomic E-state index is 0.680. The van der Waals surface area contributed by atoms with E-state index in [2.05, 4.69) is 298 Å². The van der Waals surface area contributed by atoms with Crippen molar-refractivity contribution in [2.75, 3.05) is 0 Å². The molecular formula is C52H34Br12N4. The SMILES string of the molecule is BrCc1cc(-c2c3nc(c(-c4cc(CBr)c(Br)c(CBr)c4)c4ccc([nH]4)c(-c4cc(CBr)c(Br)c(CBr)c4)c4nc(c(-c5cc(CBr)c(Br)c(CBr)c5)c5ccc2[nH]5)C=C4)C=C3)cc(CBr)c1Br. The van der Waals surface area contributed by atoms with E-state index in [1.807, 2.05) is 0 Å². The van der Waals surface area contributed by atoms with Gasteiger partial charge in [0.15, 0.2) is 0 Å². The van der Waals surface area contributed by atoms with Gasteiger partial charge in [0.1, 0.15) is 0 Å². The zero-order valence-electron chi connectivity index (χ0n) is 35.3. The first-order valence-electron chi connectivity index (χ1n) is 20.9. The Labute approximate surface area is 495 Å². The highest BCUT2D eigenvalue weighted by Gasteiger charge is 2.23. The van der Waals surface area contributed by atoms with Gasteiger partial charge in [0.25, 0.3) is 0 Å². The quantitative estimate of drug-likeness (QED) is 0.120.